The Morgan fingerprint density at radius 3 is 2.74 bits per heavy atom. The monoisotopic (exact) mass is 533 g/mol. The highest BCUT2D eigenvalue weighted by Gasteiger charge is 2.54. The molecule has 8 nitrogen and oxygen atoms in total. The fourth-order valence-corrected chi connectivity index (χ4v) is 7.90. The first-order valence-corrected chi connectivity index (χ1v) is 14.0. The molecular formula is C29H35N5O3S. The summed E-state index contributed by atoms with van der Waals surface area (Å²) >= 11 is 1.50. The second kappa shape index (κ2) is 10.5. The average molecular weight is 534 g/mol. The van der Waals surface area contributed by atoms with E-state index in [2.05, 4.69) is 29.1 Å². The van der Waals surface area contributed by atoms with Gasteiger partial charge in [-0.15, -0.1) is 11.3 Å². The number of hydrogen-bond acceptors (Lipinski definition) is 7. The lowest BCUT2D eigenvalue weighted by Gasteiger charge is -2.53. The smallest absolute Gasteiger partial charge is 0.277 e. The Kier molecular flexibility index (Phi) is 7.33. The standard InChI is InChI=1S/C29H35N5O3S/c1-17(27(37)34(4)16-19-8-6-5-7-9-19)20-10-11-29(3)14-22-24(18(2)23(29)25(20)35)32-28(38-22)33-26(36)21-15-30-12-13-31-21/h5-9,12-13,15,17-18,20,23,25,35H,10-11,14,16H2,1-4H3,(H,32,33,36)/t17?,18?,20?,23?,25?,29-/m0/s1. The van der Waals surface area contributed by atoms with Crippen molar-refractivity contribution in [2.45, 2.75) is 58.6 Å². The highest BCUT2D eigenvalue weighted by Crippen LogP contribution is 2.57. The summed E-state index contributed by atoms with van der Waals surface area (Å²) < 4.78 is 0. The third-order valence-corrected chi connectivity index (χ3v) is 9.60. The van der Waals surface area contributed by atoms with Crippen molar-refractivity contribution in [1.29, 1.82) is 0 Å². The molecule has 200 valence electrons. The summed E-state index contributed by atoms with van der Waals surface area (Å²) in [6.07, 6.45) is 6.36. The highest BCUT2D eigenvalue weighted by atomic mass is 32.1. The third kappa shape index (κ3) is 4.97. The molecule has 1 saturated carbocycles. The van der Waals surface area contributed by atoms with Crippen molar-refractivity contribution in [3.8, 4) is 0 Å². The summed E-state index contributed by atoms with van der Waals surface area (Å²) in [7, 11) is 1.84. The van der Waals surface area contributed by atoms with Gasteiger partial charge >= 0.3 is 0 Å². The number of hydrogen-bond donors (Lipinski definition) is 2. The van der Waals surface area contributed by atoms with Gasteiger partial charge in [-0.3, -0.25) is 19.9 Å². The van der Waals surface area contributed by atoms with E-state index in [1.54, 1.807) is 4.90 Å². The summed E-state index contributed by atoms with van der Waals surface area (Å²) in [4.78, 5) is 41.7. The van der Waals surface area contributed by atoms with Gasteiger partial charge in [0.25, 0.3) is 5.91 Å². The molecule has 2 N–H and O–H groups in total. The van der Waals surface area contributed by atoms with Gasteiger partial charge in [0.05, 0.1) is 18.0 Å². The Bertz CT molecular complexity index is 1300. The number of nitrogens with zero attached hydrogens (tertiary/aromatic N) is 4. The van der Waals surface area contributed by atoms with E-state index in [-0.39, 0.29) is 46.6 Å². The van der Waals surface area contributed by atoms with Crippen LogP contribution >= 0.6 is 11.3 Å². The molecule has 0 radical (unpaired) electrons. The van der Waals surface area contributed by atoms with E-state index >= 15 is 0 Å². The summed E-state index contributed by atoms with van der Waals surface area (Å²) in [5.41, 5.74) is 2.17. The number of nitrogens with one attached hydrogen (secondary N) is 1. The lowest BCUT2D eigenvalue weighted by molar-refractivity contribution is -0.144. The number of carbonyl (C=O) groups excluding carboxylic acids is 2. The Morgan fingerprint density at radius 2 is 2.03 bits per heavy atom. The first-order chi connectivity index (χ1) is 18.2. The molecule has 1 aromatic carbocycles. The van der Waals surface area contributed by atoms with Crippen LogP contribution in [0.2, 0.25) is 0 Å². The minimum Gasteiger partial charge on any atom is -0.392 e. The number of thiazole rings is 1. The summed E-state index contributed by atoms with van der Waals surface area (Å²) in [5.74, 6) is -0.689. The van der Waals surface area contributed by atoms with Crippen LogP contribution in [0, 0.1) is 23.2 Å². The van der Waals surface area contributed by atoms with Gasteiger partial charge in [0, 0.05) is 42.7 Å². The van der Waals surface area contributed by atoms with Crippen molar-refractivity contribution >= 4 is 28.3 Å². The van der Waals surface area contributed by atoms with Crippen LogP contribution in [-0.2, 0) is 17.8 Å². The quantitative estimate of drug-likeness (QED) is 0.482. The van der Waals surface area contributed by atoms with E-state index in [1.165, 1.54) is 29.9 Å². The molecule has 3 aromatic rings. The topological polar surface area (TPSA) is 108 Å². The number of amides is 2. The minimum atomic E-state index is -0.611. The molecule has 1 fully saturated rings. The average Bonchev–Trinajstić information content (AvgIpc) is 3.30. The maximum atomic E-state index is 13.4. The number of benzene rings is 1. The van der Waals surface area contributed by atoms with Crippen LogP contribution in [0.3, 0.4) is 0 Å². The van der Waals surface area contributed by atoms with Gasteiger partial charge in [0.1, 0.15) is 5.69 Å². The van der Waals surface area contributed by atoms with Crippen LogP contribution in [0.15, 0.2) is 48.9 Å². The van der Waals surface area contributed by atoms with E-state index < -0.39 is 6.10 Å². The van der Waals surface area contributed by atoms with Gasteiger partial charge in [0.2, 0.25) is 5.91 Å². The molecule has 5 unspecified atom stereocenters. The number of aromatic nitrogens is 3. The summed E-state index contributed by atoms with van der Waals surface area (Å²) in [5, 5.41) is 15.1. The Hall–Kier alpha value is -3.17. The zero-order valence-electron chi connectivity index (χ0n) is 22.3. The third-order valence-electron chi connectivity index (χ3n) is 8.61. The number of aliphatic hydroxyl groups excluding tert-OH is 1. The number of aliphatic hydroxyl groups is 1. The molecular weight excluding hydrogens is 498 g/mol. The zero-order chi connectivity index (χ0) is 27.0. The van der Waals surface area contributed by atoms with E-state index in [0.29, 0.717) is 11.7 Å². The van der Waals surface area contributed by atoms with Gasteiger partial charge in [-0.05, 0) is 42.1 Å². The number of rotatable bonds is 6. The van der Waals surface area contributed by atoms with Crippen molar-refractivity contribution < 1.29 is 14.7 Å². The van der Waals surface area contributed by atoms with Crippen LogP contribution in [-0.4, -0.2) is 49.9 Å². The SMILES string of the molecule is CC(C(=O)N(C)Cc1ccccc1)C1CC[C@@]2(C)Cc3sc(NC(=O)c4cnccn4)nc3C(C)C2C1O. The van der Waals surface area contributed by atoms with Gasteiger partial charge < -0.3 is 10.0 Å². The van der Waals surface area contributed by atoms with Crippen LogP contribution in [0.5, 0.6) is 0 Å². The lowest BCUT2D eigenvalue weighted by Crippen LogP contribution is -2.53. The maximum absolute atomic E-state index is 13.4. The number of anilines is 1. The molecule has 9 heteroatoms. The van der Waals surface area contributed by atoms with Crippen LogP contribution in [0.1, 0.15) is 66.2 Å². The molecule has 2 heterocycles. The largest absolute Gasteiger partial charge is 0.392 e. The van der Waals surface area contributed by atoms with E-state index in [9.17, 15) is 14.7 Å². The molecule has 0 saturated heterocycles. The van der Waals surface area contributed by atoms with Gasteiger partial charge in [-0.1, -0.05) is 51.1 Å². The van der Waals surface area contributed by atoms with Crippen LogP contribution in [0.25, 0.3) is 0 Å². The van der Waals surface area contributed by atoms with Crippen molar-refractivity contribution in [3.63, 3.8) is 0 Å². The van der Waals surface area contributed by atoms with Crippen molar-refractivity contribution in [1.82, 2.24) is 19.9 Å². The first-order valence-electron chi connectivity index (χ1n) is 13.2. The van der Waals surface area contributed by atoms with Gasteiger partial charge in [-0.25, -0.2) is 9.97 Å². The molecule has 0 spiro atoms. The Morgan fingerprint density at radius 1 is 1.26 bits per heavy atom. The van der Waals surface area contributed by atoms with Crippen molar-refractivity contribution in [2.75, 3.05) is 12.4 Å². The summed E-state index contributed by atoms with van der Waals surface area (Å²) in [6, 6.07) is 9.97. The van der Waals surface area contributed by atoms with Crippen molar-refractivity contribution in [2.24, 2.45) is 23.2 Å². The second-order valence-corrected chi connectivity index (χ2v) is 12.3. The minimum absolute atomic E-state index is 0.00400. The molecule has 0 aliphatic heterocycles. The Labute approximate surface area is 227 Å². The predicted octanol–water partition coefficient (Wildman–Crippen LogP) is 4.53. The molecule has 38 heavy (non-hydrogen) atoms. The van der Waals surface area contributed by atoms with E-state index in [0.717, 1.165) is 35.4 Å². The molecule has 2 aliphatic carbocycles. The fourth-order valence-electron chi connectivity index (χ4n) is 6.64. The maximum Gasteiger partial charge on any atom is 0.277 e. The number of carbonyl (C=O) groups is 2. The summed E-state index contributed by atoms with van der Waals surface area (Å²) in [6.45, 7) is 6.88. The van der Waals surface area contributed by atoms with E-state index in [1.807, 2.05) is 44.3 Å². The normalized spacial score (nSPS) is 27.1. The zero-order valence-corrected chi connectivity index (χ0v) is 23.1. The van der Waals surface area contributed by atoms with Gasteiger partial charge in [0.15, 0.2) is 5.13 Å². The highest BCUT2D eigenvalue weighted by molar-refractivity contribution is 7.15. The van der Waals surface area contributed by atoms with E-state index in [4.69, 9.17) is 4.98 Å². The molecule has 5 rings (SSSR count). The van der Waals surface area contributed by atoms with Crippen LogP contribution < -0.4 is 5.32 Å². The van der Waals surface area contributed by atoms with Crippen LogP contribution in [0.4, 0.5) is 5.13 Å². The Balaban J connectivity index is 1.31. The van der Waals surface area contributed by atoms with Crippen molar-refractivity contribution in [3.05, 3.63) is 70.8 Å². The van der Waals surface area contributed by atoms with Gasteiger partial charge in [-0.2, -0.15) is 0 Å². The second-order valence-electron chi connectivity index (χ2n) is 11.2. The predicted molar refractivity (Wildman–Crippen MR) is 147 cm³/mol. The molecule has 2 amide bonds. The molecule has 0 bridgehead atoms. The molecule has 2 aromatic heterocycles. The lowest BCUT2D eigenvalue weighted by atomic mass is 9.53. The molecule has 6 atom stereocenters. The molecule has 2 aliphatic rings. The first kappa shape index (κ1) is 26.4. The fraction of sp³-hybridized carbons (Fsp3) is 0.483. The number of fused-ring (bicyclic) bond motifs is 2.